The third-order valence-corrected chi connectivity index (χ3v) is 3.28. The summed E-state index contributed by atoms with van der Waals surface area (Å²) in [6.45, 7) is 5.57. The number of hydrogen-bond donors (Lipinski definition) is 1. The van der Waals surface area contributed by atoms with Crippen LogP contribution in [0.2, 0.25) is 0 Å². The van der Waals surface area contributed by atoms with E-state index in [4.69, 9.17) is 0 Å². The van der Waals surface area contributed by atoms with E-state index in [1.807, 2.05) is 6.92 Å². The Bertz CT molecular complexity index is 594. The van der Waals surface area contributed by atoms with Crippen molar-refractivity contribution < 1.29 is 8.78 Å². The molecule has 0 aliphatic rings. The molecule has 20 heavy (non-hydrogen) atoms. The Labute approximate surface area is 118 Å². The number of halogens is 2. The summed E-state index contributed by atoms with van der Waals surface area (Å²) in [7, 11) is 0. The normalized spacial score (nSPS) is 10.8. The summed E-state index contributed by atoms with van der Waals surface area (Å²) in [5.74, 6) is -0.669. The second-order valence-electron chi connectivity index (χ2n) is 4.95. The molecule has 0 aromatic heterocycles. The van der Waals surface area contributed by atoms with Gasteiger partial charge < -0.3 is 5.32 Å². The molecule has 0 unspecified atom stereocenters. The van der Waals surface area contributed by atoms with Gasteiger partial charge in [-0.05, 0) is 60.8 Å². The smallest absolute Gasteiger partial charge is 0.131 e. The zero-order chi connectivity index (χ0) is 14.5. The molecule has 1 nitrogen and oxygen atoms in total. The molecule has 0 heterocycles. The van der Waals surface area contributed by atoms with Crippen molar-refractivity contribution in [3.8, 4) is 11.1 Å². The van der Waals surface area contributed by atoms with Crippen LogP contribution in [-0.4, -0.2) is 6.54 Å². The van der Waals surface area contributed by atoms with Gasteiger partial charge in [0, 0.05) is 12.1 Å². The Morgan fingerprint density at radius 2 is 1.80 bits per heavy atom. The maximum absolute atomic E-state index is 14.0. The molecule has 2 aromatic carbocycles. The standard InChI is InChI=1S/C17H19F2N/c1-3-8-20-11-13-5-7-17(19)16(9-13)15-10-14(18)6-4-12(15)2/h4-7,9-10,20H,3,8,11H2,1-2H3. The number of benzene rings is 2. The highest BCUT2D eigenvalue weighted by Gasteiger charge is 2.10. The Morgan fingerprint density at radius 1 is 1.00 bits per heavy atom. The third kappa shape index (κ3) is 3.42. The molecule has 106 valence electrons. The summed E-state index contributed by atoms with van der Waals surface area (Å²) < 4.78 is 27.4. The van der Waals surface area contributed by atoms with Gasteiger partial charge in [-0.25, -0.2) is 8.78 Å². The van der Waals surface area contributed by atoms with Crippen molar-refractivity contribution in [1.29, 1.82) is 0 Å². The van der Waals surface area contributed by atoms with Gasteiger partial charge in [0.25, 0.3) is 0 Å². The SMILES string of the molecule is CCCNCc1ccc(F)c(-c2cc(F)ccc2C)c1. The quantitative estimate of drug-likeness (QED) is 0.795. The zero-order valence-corrected chi connectivity index (χ0v) is 11.8. The maximum Gasteiger partial charge on any atom is 0.131 e. The topological polar surface area (TPSA) is 12.0 Å². The summed E-state index contributed by atoms with van der Waals surface area (Å²) >= 11 is 0. The van der Waals surface area contributed by atoms with Gasteiger partial charge in [-0.2, -0.15) is 0 Å². The predicted molar refractivity (Wildman–Crippen MR) is 78.5 cm³/mol. The van der Waals surface area contributed by atoms with Crippen LogP contribution in [-0.2, 0) is 6.54 Å². The Kier molecular flexibility index (Phi) is 4.85. The largest absolute Gasteiger partial charge is 0.313 e. The fourth-order valence-corrected chi connectivity index (χ4v) is 2.18. The number of aryl methyl sites for hydroxylation is 1. The van der Waals surface area contributed by atoms with Crippen LogP contribution in [0.1, 0.15) is 24.5 Å². The van der Waals surface area contributed by atoms with E-state index in [2.05, 4.69) is 12.2 Å². The van der Waals surface area contributed by atoms with Gasteiger partial charge >= 0.3 is 0 Å². The first kappa shape index (κ1) is 14.7. The first-order valence-corrected chi connectivity index (χ1v) is 6.87. The summed E-state index contributed by atoms with van der Waals surface area (Å²) in [5.41, 5.74) is 2.93. The van der Waals surface area contributed by atoms with Gasteiger partial charge in [-0.1, -0.05) is 19.1 Å². The molecule has 0 aliphatic carbocycles. The number of nitrogens with one attached hydrogen (secondary N) is 1. The number of hydrogen-bond acceptors (Lipinski definition) is 1. The molecule has 0 spiro atoms. The molecule has 0 atom stereocenters. The van der Waals surface area contributed by atoms with Crippen molar-refractivity contribution in [3.63, 3.8) is 0 Å². The molecule has 0 saturated carbocycles. The Morgan fingerprint density at radius 3 is 2.55 bits per heavy atom. The van der Waals surface area contributed by atoms with Gasteiger partial charge in [-0.3, -0.25) is 0 Å². The summed E-state index contributed by atoms with van der Waals surface area (Å²) in [6.07, 6.45) is 1.05. The highest BCUT2D eigenvalue weighted by atomic mass is 19.1. The lowest BCUT2D eigenvalue weighted by Gasteiger charge is -2.10. The minimum Gasteiger partial charge on any atom is -0.313 e. The van der Waals surface area contributed by atoms with Crippen molar-refractivity contribution in [2.75, 3.05) is 6.54 Å². The molecular formula is C17H19F2N. The fraction of sp³-hybridized carbons (Fsp3) is 0.294. The fourth-order valence-electron chi connectivity index (χ4n) is 2.18. The highest BCUT2D eigenvalue weighted by Crippen LogP contribution is 2.27. The molecule has 2 rings (SSSR count). The van der Waals surface area contributed by atoms with Crippen LogP contribution in [0.5, 0.6) is 0 Å². The zero-order valence-electron chi connectivity index (χ0n) is 11.8. The van der Waals surface area contributed by atoms with E-state index in [1.54, 1.807) is 18.2 Å². The van der Waals surface area contributed by atoms with Gasteiger partial charge in [0.1, 0.15) is 11.6 Å². The van der Waals surface area contributed by atoms with Crippen LogP contribution in [0.25, 0.3) is 11.1 Å². The Balaban J connectivity index is 2.35. The van der Waals surface area contributed by atoms with Crippen molar-refractivity contribution in [2.45, 2.75) is 26.8 Å². The van der Waals surface area contributed by atoms with Crippen LogP contribution in [0.4, 0.5) is 8.78 Å². The first-order chi connectivity index (χ1) is 9.61. The van der Waals surface area contributed by atoms with Crippen LogP contribution in [0, 0.1) is 18.6 Å². The van der Waals surface area contributed by atoms with E-state index in [9.17, 15) is 8.78 Å². The Hall–Kier alpha value is -1.74. The third-order valence-electron chi connectivity index (χ3n) is 3.28. The molecule has 0 aliphatic heterocycles. The van der Waals surface area contributed by atoms with E-state index >= 15 is 0 Å². The minimum atomic E-state index is -0.348. The average molecular weight is 275 g/mol. The van der Waals surface area contributed by atoms with Crippen LogP contribution in [0.3, 0.4) is 0 Å². The summed E-state index contributed by atoms with van der Waals surface area (Å²) in [6, 6.07) is 9.45. The second kappa shape index (κ2) is 6.62. The van der Waals surface area contributed by atoms with Gasteiger partial charge in [0.2, 0.25) is 0 Å². The molecule has 0 bridgehead atoms. The predicted octanol–water partition coefficient (Wildman–Crippen LogP) is 4.44. The van der Waals surface area contributed by atoms with Crippen LogP contribution >= 0.6 is 0 Å². The van der Waals surface area contributed by atoms with Gasteiger partial charge in [-0.15, -0.1) is 0 Å². The molecule has 0 saturated heterocycles. The molecule has 3 heteroatoms. The summed E-state index contributed by atoms with van der Waals surface area (Å²) in [5, 5.41) is 3.28. The van der Waals surface area contributed by atoms with E-state index in [0.29, 0.717) is 17.7 Å². The number of rotatable bonds is 5. The van der Waals surface area contributed by atoms with E-state index in [1.165, 1.54) is 18.2 Å². The van der Waals surface area contributed by atoms with E-state index in [-0.39, 0.29) is 11.6 Å². The monoisotopic (exact) mass is 275 g/mol. The van der Waals surface area contributed by atoms with Crippen molar-refractivity contribution in [3.05, 3.63) is 59.2 Å². The van der Waals surface area contributed by atoms with Crippen molar-refractivity contribution in [1.82, 2.24) is 5.32 Å². The molecule has 2 aromatic rings. The molecule has 0 amide bonds. The van der Waals surface area contributed by atoms with E-state index < -0.39 is 0 Å². The first-order valence-electron chi connectivity index (χ1n) is 6.87. The minimum absolute atomic E-state index is 0.321. The molecule has 0 radical (unpaired) electrons. The lowest BCUT2D eigenvalue weighted by Crippen LogP contribution is -2.13. The van der Waals surface area contributed by atoms with E-state index in [0.717, 1.165) is 24.1 Å². The van der Waals surface area contributed by atoms with Crippen molar-refractivity contribution >= 4 is 0 Å². The lowest BCUT2D eigenvalue weighted by molar-refractivity contribution is 0.622. The molecule has 1 N–H and O–H groups in total. The van der Waals surface area contributed by atoms with Crippen molar-refractivity contribution in [2.24, 2.45) is 0 Å². The second-order valence-corrected chi connectivity index (χ2v) is 4.95. The maximum atomic E-state index is 14.0. The van der Waals surface area contributed by atoms with Gasteiger partial charge in [0.15, 0.2) is 0 Å². The van der Waals surface area contributed by atoms with Crippen LogP contribution < -0.4 is 5.32 Å². The highest BCUT2D eigenvalue weighted by molar-refractivity contribution is 5.68. The summed E-state index contributed by atoms with van der Waals surface area (Å²) in [4.78, 5) is 0. The van der Waals surface area contributed by atoms with Gasteiger partial charge in [0.05, 0.1) is 0 Å². The average Bonchev–Trinajstić information content (AvgIpc) is 2.44. The lowest BCUT2D eigenvalue weighted by atomic mass is 9.98. The molecular weight excluding hydrogens is 256 g/mol. The van der Waals surface area contributed by atoms with Crippen LogP contribution in [0.15, 0.2) is 36.4 Å². The molecule has 0 fully saturated rings.